The van der Waals surface area contributed by atoms with Crippen LogP contribution in [0.25, 0.3) is 0 Å². The second-order valence-corrected chi connectivity index (χ2v) is 6.65. The van der Waals surface area contributed by atoms with E-state index in [4.69, 9.17) is 32.4 Å². The van der Waals surface area contributed by atoms with Crippen molar-refractivity contribution >= 4 is 40.5 Å². The monoisotopic (exact) mass is 420 g/mol. The van der Waals surface area contributed by atoms with Gasteiger partial charge in [0.15, 0.2) is 11.5 Å². The Morgan fingerprint density at radius 3 is 2.57 bits per heavy atom. The van der Waals surface area contributed by atoms with Crippen LogP contribution in [0, 0.1) is 17.0 Å². The molecular formula is C19H14Cl2N2O5. The number of carbonyl (C=O) groups is 1. The van der Waals surface area contributed by atoms with Gasteiger partial charge in [0, 0.05) is 6.07 Å². The molecule has 9 heteroatoms. The second kappa shape index (κ2) is 8.33. The summed E-state index contributed by atoms with van der Waals surface area (Å²) in [6.45, 7) is 1.67. The lowest BCUT2D eigenvalue weighted by molar-refractivity contribution is -0.386. The first-order valence-corrected chi connectivity index (χ1v) is 8.82. The number of hydrogen-bond donors (Lipinski definition) is 1. The highest BCUT2D eigenvalue weighted by atomic mass is 35.5. The number of para-hydroxylation sites is 1. The van der Waals surface area contributed by atoms with Gasteiger partial charge < -0.3 is 14.5 Å². The molecule has 7 nitrogen and oxygen atoms in total. The maximum atomic E-state index is 12.3. The fourth-order valence-corrected chi connectivity index (χ4v) is 2.90. The van der Waals surface area contributed by atoms with Crippen LogP contribution in [0.2, 0.25) is 10.0 Å². The number of rotatable bonds is 6. The zero-order valence-electron chi connectivity index (χ0n) is 14.6. The van der Waals surface area contributed by atoms with E-state index in [0.717, 1.165) is 5.56 Å². The van der Waals surface area contributed by atoms with Gasteiger partial charge in [0.05, 0.1) is 20.7 Å². The average Bonchev–Trinajstić information content (AvgIpc) is 3.12. The third-order valence-electron chi connectivity index (χ3n) is 3.77. The Kier molecular flexibility index (Phi) is 5.87. The first-order valence-electron chi connectivity index (χ1n) is 8.07. The number of hydrogen-bond acceptors (Lipinski definition) is 5. The van der Waals surface area contributed by atoms with Crippen LogP contribution in [0.5, 0.6) is 5.75 Å². The number of nitro benzene ring substituents is 1. The van der Waals surface area contributed by atoms with E-state index in [9.17, 15) is 14.9 Å². The van der Waals surface area contributed by atoms with Gasteiger partial charge in [-0.25, -0.2) is 0 Å². The number of carbonyl (C=O) groups excluding carboxylic acids is 1. The van der Waals surface area contributed by atoms with E-state index in [2.05, 4.69) is 5.32 Å². The largest absolute Gasteiger partial charge is 0.479 e. The third kappa shape index (κ3) is 4.44. The van der Waals surface area contributed by atoms with E-state index in [-0.39, 0.29) is 29.5 Å². The van der Waals surface area contributed by atoms with Gasteiger partial charge in [0.1, 0.15) is 12.4 Å². The lowest BCUT2D eigenvalue weighted by Crippen LogP contribution is -2.11. The number of halogens is 2. The highest BCUT2D eigenvalue weighted by molar-refractivity contribution is 6.39. The topological polar surface area (TPSA) is 94.6 Å². The van der Waals surface area contributed by atoms with Crippen molar-refractivity contribution in [3.63, 3.8) is 0 Å². The lowest BCUT2D eigenvalue weighted by atomic mass is 10.2. The summed E-state index contributed by atoms with van der Waals surface area (Å²) in [7, 11) is 0. The molecule has 0 aliphatic rings. The molecule has 0 bridgehead atoms. The molecule has 1 heterocycles. The zero-order valence-corrected chi connectivity index (χ0v) is 16.1. The minimum atomic E-state index is -0.539. The molecule has 0 radical (unpaired) electrons. The van der Waals surface area contributed by atoms with Gasteiger partial charge in [-0.3, -0.25) is 14.9 Å². The van der Waals surface area contributed by atoms with E-state index in [1.54, 1.807) is 37.3 Å². The van der Waals surface area contributed by atoms with Crippen LogP contribution in [0.4, 0.5) is 11.4 Å². The molecule has 1 amide bonds. The molecule has 0 fully saturated rings. The van der Waals surface area contributed by atoms with Gasteiger partial charge in [-0.05, 0) is 42.8 Å². The van der Waals surface area contributed by atoms with E-state index in [1.807, 2.05) is 0 Å². The third-order valence-corrected chi connectivity index (χ3v) is 4.40. The molecule has 144 valence electrons. The maximum absolute atomic E-state index is 12.3. The number of nitrogens with one attached hydrogen (secondary N) is 1. The fourth-order valence-electron chi connectivity index (χ4n) is 2.41. The molecule has 0 atom stereocenters. The van der Waals surface area contributed by atoms with Crippen molar-refractivity contribution in [1.82, 2.24) is 0 Å². The highest BCUT2D eigenvalue weighted by Crippen LogP contribution is 2.31. The van der Waals surface area contributed by atoms with E-state index in [1.165, 1.54) is 18.2 Å². The highest BCUT2D eigenvalue weighted by Gasteiger charge is 2.18. The SMILES string of the molecule is Cc1ccc(OCc2ccc(C(=O)Nc3c(Cl)cccc3Cl)o2)c([N+](=O)[O-])c1. The first kappa shape index (κ1) is 19.7. The summed E-state index contributed by atoms with van der Waals surface area (Å²) in [5.74, 6) is -0.0818. The summed E-state index contributed by atoms with van der Waals surface area (Å²) in [5, 5.41) is 14.3. The second-order valence-electron chi connectivity index (χ2n) is 5.83. The average molecular weight is 421 g/mol. The van der Waals surface area contributed by atoms with E-state index < -0.39 is 10.8 Å². The standard InChI is InChI=1S/C19H14Cl2N2O5/c1-11-5-7-16(15(9-11)23(25)26)27-10-12-6-8-17(28-12)19(24)22-18-13(20)3-2-4-14(18)21/h2-9H,10H2,1H3,(H,22,24). The van der Waals surface area contributed by atoms with E-state index in [0.29, 0.717) is 15.8 Å². The van der Waals surface area contributed by atoms with Gasteiger partial charge in [-0.1, -0.05) is 35.3 Å². The molecule has 0 spiro atoms. The van der Waals surface area contributed by atoms with Crippen molar-refractivity contribution in [3.05, 3.63) is 85.8 Å². The summed E-state index contributed by atoms with van der Waals surface area (Å²) >= 11 is 12.1. The number of amides is 1. The predicted molar refractivity (Wildman–Crippen MR) is 105 cm³/mol. The Morgan fingerprint density at radius 2 is 1.89 bits per heavy atom. The number of benzene rings is 2. The Bertz CT molecular complexity index is 1030. The number of aryl methyl sites for hydroxylation is 1. The number of nitrogens with zero attached hydrogens (tertiary/aromatic N) is 1. The minimum absolute atomic E-state index is 0.0213. The molecule has 0 unspecified atom stereocenters. The molecule has 3 aromatic rings. The van der Waals surface area contributed by atoms with Crippen molar-refractivity contribution in [2.75, 3.05) is 5.32 Å². The number of nitro groups is 1. The van der Waals surface area contributed by atoms with Crippen molar-refractivity contribution in [3.8, 4) is 5.75 Å². The van der Waals surface area contributed by atoms with Crippen LogP contribution < -0.4 is 10.1 Å². The van der Waals surface area contributed by atoms with Crippen molar-refractivity contribution in [2.24, 2.45) is 0 Å². The molecule has 0 aliphatic carbocycles. The number of ether oxygens (including phenoxy) is 1. The smallest absolute Gasteiger partial charge is 0.311 e. The van der Waals surface area contributed by atoms with Crippen molar-refractivity contribution < 1.29 is 18.9 Å². The van der Waals surface area contributed by atoms with Gasteiger partial charge in [0.25, 0.3) is 5.91 Å². The molecule has 3 rings (SSSR count). The van der Waals surface area contributed by atoms with Crippen LogP contribution in [0.15, 0.2) is 52.9 Å². The maximum Gasteiger partial charge on any atom is 0.311 e. The predicted octanol–water partition coefficient (Wildman–Crippen LogP) is 5.63. The van der Waals surface area contributed by atoms with Crippen LogP contribution in [-0.4, -0.2) is 10.8 Å². The number of furan rings is 1. The summed E-state index contributed by atoms with van der Waals surface area (Å²) in [5.41, 5.74) is 0.882. The normalized spacial score (nSPS) is 10.5. The minimum Gasteiger partial charge on any atom is -0.479 e. The van der Waals surface area contributed by atoms with Crippen LogP contribution in [0.1, 0.15) is 21.9 Å². The zero-order chi connectivity index (χ0) is 20.3. The quantitative estimate of drug-likeness (QED) is 0.411. The fraction of sp³-hybridized carbons (Fsp3) is 0.105. The Hall–Kier alpha value is -3.03. The summed E-state index contributed by atoms with van der Waals surface area (Å²) in [4.78, 5) is 23.0. The molecule has 2 aromatic carbocycles. The van der Waals surface area contributed by atoms with Gasteiger partial charge in [-0.2, -0.15) is 0 Å². The lowest BCUT2D eigenvalue weighted by Gasteiger charge is -2.08. The number of anilines is 1. The first-order chi connectivity index (χ1) is 13.3. The molecule has 0 saturated carbocycles. The van der Waals surface area contributed by atoms with Crippen LogP contribution >= 0.6 is 23.2 Å². The molecule has 1 N–H and O–H groups in total. The molecule has 0 saturated heterocycles. The Balaban J connectivity index is 1.69. The molecule has 0 aliphatic heterocycles. The Labute approximate surface area is 170 Å². The summed E-state index contributed by atoms with van der Waals surface area (Å²) < 4.78 is 10.9. The van der Waals surface area contributed by atoms with Crippen LogP contribution in [-0.2, 0) is 6.61 Å². The van der Waals surface area contributed by atoms with Gasteiger partial charge in [-0.15, -0.1) is 0 Å². The molecule has 1 aromatic heterocycles. The Morgan fingerprint density at radius 1 is 1.18 bits per heavy atom. The van der Waals surface area contributed by atoms with Gasteiger partial charge in [0.2, 0.25) is 0 Å². The van der Waals surface area contributed by atoms with Crippen molar-refractivity contribution in [2.45, 2.75) is 13.5 Å². The summed E-state index contributed by atoms with van der Waals surface area (Å²) in [6, 6.07) is 12.5. The summed E-state index contributed by atoms with van der Waals surface area (Å²) in [6.07, 6.45) is 0. The van der Waals surface area contributed by atoms with Crippen LogP contribution in [0.3, 0.4) is 0 Å². The molecule has 28 heavy (non-hydrogen) atoms. The molecular weight excluding hydrogens is 407 g/mol. The van der Waals surface area contributed by atoms with Gasteiger partial charge >= 0.3 is 5.69 Å². The van der Waals surface area contributed by atoms with Crippen molar-refractivity contribution in [1.29, 1.82) is 0 Å². The van der Waals surface area contributed by atoms with E-state index >= 15 is 0 Å².